The van der Waals surface area contributed by atoms with E-state index in [2.05, 4.69) is 20.1 Å². The van der Waals surface area contributed by atoms with Crippen LogP contribution in [0.4, 0.5) is 5.69 Å². The molecule has 0 radical (unpaired) electrons. The van der Waals surface area contributed by atoms with Crippen LogP contribution in [0.15, 0.2) is 67.3 Å². The first kappa shape index (κ1) is 17.2. The van der Waals surface area contributed by atoms with Crippen LogP contribution < -0.4 is 10.0 Å². The zero-order chi connectivity index (χ0) is 17.5. The van der Waals surface area contributed by atoms with E-state index in [0.717, 1.165) is 16.9 Å². The summed E-state index contributed by atoms with van der Waals surface area (Å²) in [5.74, 6) is -0.0632. The molecule has 3 rings (SSSR count). The standard InChI is InChI=1S/C18H19N5OS/c1-25-22-17(11-14-5-3-2-4-6-14)18(24)21-15-7-9-16(10-8-15)23-13-19-12-20-23/h2-10,12-13,17,22H,11H2,1H3,(H,21,24). The largest absolute Gasteiger partial charge is 0.325 e. The van der Waals surface area contributed by atoms with E-state index in [-0.39, 0.29) is 11.9 Å². The third kappa shape index (κ3) is 4.68. The molecule has 0 bridgehead atoms. The number of benzene rings is 2. The van der Waals surface area contributed by atoms with Crippen LogP contribution in [-0.2, 0) is 11.2 Å². The highest BCUT2D eigenvalue weighted by atomic mass is 32.2. The fraction of sp³-hybridized carbons (Fsp3) is 0.167. The molecule has 3 aromatic rings. The number of rotatable bonds is 7. The number of aromatic nitrogens is 3. The minimum atomic E-state index is -0.313. The Bertz CT molecular complexity index is 790. The molecule has 0 aliphatic rings. The van der Waals surface area contributed by atoms with Crippen molar-refractivity contribution in [2.45, 2.75) is 12.5 Å². The van der Waals surface area contributed by atoms with Crippen molar-refractivity contribution in [3.63, 3.8) is 0 Å². The van der Waals surface area contributed by atoms with Gasteiger partial charge in [-0.05, 0) is 42.5 Å². The zero-order valence-electron chi connectivity index (χ0n) is 13.8. The monoisotopic (exact) mass is 353 g/mol. The van der Waals surface area contributed by atoms with Crippen molar-refractivity contribution in [2.24, 2.45) is 0 Å². The maximum Gasteiger partial charge on any atom is 0.242 e. The Labute approximate surface area is 150 Å². The molecule has 0 saturated heterocycles. The van der Waals surface area contributed by atoms with Crippen molar-refractivity contribution >= 4 is 23.5 Å². The molecule has 1 amide bonds. The molecule has 128 valence electrons. The fourth-order valence-corrected chi connectivity index (χ4v) is 2.92. The second-order valence-corrected chi connectivity index (χ2v) is 6.08. The average molecular weight is 353 g/mol. The molecule has 0 aliphatic carbocycles. The average Bonchev–Trinajstić information content (AvgIpc) is 3.17. The Morgan fingerprint density at radius 3 is 2.56 bits per heavy atom. The molecular weight excluding hydrogens is 334 g/mol. The van der Waals surface area contributed by atoms with E-state index in [9.17, 15) is 4.79 Å². The minimum Gasteiger partial charge on any atom is -0.325 e. The van der Waals surface area contributed by atoms with Gasteiger partial charge in [0.2, 0.25) is 5.91 Å². The summed E-state index contributed by atoms with van der Waals surface area (Å²) in [6.45, 7) is 0. The van der Waals surface area contributed by atoms with E-state index < -0.39 is 0 Å². The summed E-state index contributed by atoms with van der Waals surface area (Å²) in [5, 5.41) is 7.04. The predicted molar refractivity (Wildman–Crippen MR) is 101 cm³/mol. The summed E-state index contributed by atoms with van der Waals surface area (Å²) >= 11 is 1.44. The summed E-state index contributed by atoms with van der Waals surface area (Å²) in [6.07, 6.45) is 5.66. The Morgan fingerprint density at radius 1 is 1.16 bits per heavy atom. The summed E-state index contributed by atoms with van der Waals surface area (Å²) in [7, 11) is 0. The van der Waals surface area contributed by atoms with Gasteiger partial charge in [-0.2, -0.15) is 5.10 Å². The number of nitrogens with zero attached hydrogens (tertiary/aromatic N) is 3. The van der Waals surface area contributed by atoms with Gasteiger partial charge in [-0.25, -0.2) is 9.67 Å². The van der Waals surface area contributed by atoms with Gasteiger partial charge in [0.25, 0.3) is 0 Å². The number of carbonyl (C=O) groups excluding carboxylic acids is 1. The molecule has 7 heteroatoms. The lowest BCUT2D eigenvalue weighted by Crippen LogP contribution is -2.38. The third-order valence-corrected chi connectivity index (χ3v) is 4.20. The van der Waals surface area contributed by atoms with Crippen LogP contribution in [0.25, 0.3) is 5.69 Å². The summed E-state index contributed by atoms with van der Waals surface area (Å²) in [6, 6.07) is 17.1. The second-order valence-electron chi connectivity index (χ2n) is 5.44. The van der Waals surface area contributed by atoms with Crippen molar-refractivity contribution < 1.29 is 4.79 Å². The highest BCUT2D eigenvalue weighted by Gasteiger charge is 2.18. The topological polar surface area (TPSA) is 71.8 Å². The molecule has 2 N–H and O–H groups in total. The summed E-state index contributed by atoms with van der Waals surface area (Å²) in [4.78, 5) is 16.5. The Morgan fingerprint density at radius 2 is 1.92 bits per heavy atom. The van der Waals surface area contributed by atoms with E-state index in [1.54, 1.807) is 11.0 Å². The van der Waals surface area contributed by atoms with Crippen LogP contribution in [0.2, 0.25) is 0 Å². The van der Waals surface area contributed by atoms with Gasteiger partial charge in [0, 0.05) is 5.69 Å². The molecule has 1 atom stereocenters. The fourth-order valence-electron chi connectivity index (χ4n) is 2.45. The molecule has 0 saturated carbocycles. The van der Waals surface area contributed by atoms with Gasteiger partial charge in [-0.1, -0.05) is 42.3 Å². The third-order valence-electron chi connectivity index (χ3n) is 3.68. The van der Waals surface area contributed by atoms with Crippen LogP contribution in [0.3, 0.4) is 0 Å². The maximum atomic E-state index is 12.6. The highest BCUT2D eigenvalue weighted by molar-refractivity contribution is 7.96. The summed E-state index contributed by atoms with van der Waals surface area (Å²) < 4.78 is 4.83. The minimum absolute atomic E-state index is 0.0632. The van der Waals surface area contributed by atoms with Crippen LogP contribution >= 0.6 is 11.9 Å². The lowest BCUT2D eigenvalue weighted by atomic mass is 10.1. The molecular formula is C18H19N5OS. The van der Waals surface area contributed by atoms with E-state index in [1.807, 2.05) is 60.9 Å². The molecule has 6 nitrogen and oxygen atoms in total. The van der Waals surface area contributed by atoms with Gasteiger partial charge in [0.1, 0.15) is 18.7 Å². The molecule has 0 aliphatic heterocycles. The van der Waals surface area contributed by atoms with Gasteiger partial charge < -0.3 is 5.32 Å². The van der Waals surface area contributed by atoms with Gasteiger partial charge in [-0.3, -0.25) is 9.52 Å². The number of nitrogens with one attached hydrogen (secondary N) is 2. The van der Waals surface area contributed by atoms with Crippen molar-refractivity contribution in [1.82, 2.24) is 19.5 Å². The van der Waals surface area contributed by atoms with E-state index in [0.29, 0.717) is 6.42 Å². The van der Waals surface area contributed by atoms with Crippen molar-refractivity contribution in [2.75, 3.05) is 11.6 Å². The van der Waals surface area contributed by atoms with Gasteiger partial charge in [-0.15, -0.1) is 0 Å². The van der Waals surface area contributed by atoms with Gasteiger partial charge in [0.05, 0.1) is 5.69 Å². The van der Waals surface area contributed by atoms with Crippen LogP contribution in [0.1, 0.15) is 5.56 Å². The highest BCUT2D eigenvalue weighted by Crippen LogP contribution is 2.14. The first-order valence-electron chi connectivity index (χ1n) is 7.84. The van der Waals surface area contributed by atoms with Crippen molar-refractivity contribution in [1.29, 1.82) is 0 Å². The lowest BCUT2D eigenvalue weighted by molar-refractivity contribution is -0.117. The van der Waals surface area contributed by atoms with Crippen LogP contribution in [-0.4, -0.2) is 33.0 Å². The SMILES string of the molecule is CSNC(Cc1ccccc1)C(=O)Nc1ccc(-n2cncn2)cc1. The molecule has 25 heavy (non-hydrogen) atoms. The van der Waals surface area contributed by atoms with E-state index >= 15 is 0 Å². The molecule has 1 unspecified atom stereocenters. The first-order chi connectivity index (χ1) is 12.3. The van der Waals surface area contributed by atoms with E-state index in [1.165, 1.54) is 18.3 Å². The Kier molecular flexibility index (Phi) is 5.81. The molecule has 0 fully saturated rings. The smallest absolute Gasteiger partial charge is 0.242 e. The Balaban J connectivity index is 1.66. The Hall–Kier alpha value is -2.64. The van der Waals surface area contributed by atoms with Gasteiger partial charge in [0.15, 0.2) is 0 Å². The normalized spacial score (nSPS) is 11.9. The summed E-state index contributed by atoms with van der Waals surface area (Å²) in [5.41, 5.74) is 2.75. The quantitative estimate of drug-likeness (QED) is 0.639. The number of hydrogen-bond donors (Lipinski definition) is 2. The maximum absolute atomic E-state index is 12.6. The first-order valence-corrected chi connectivity index (χ1v) is 9.07. The van der Waals surface area contributed by atoms with E-state index in [4.69, 9.17) is 0 Å². The number of hydrogen-bond acceptors (Lipinski definition) is 5. The second kappa shape index (κ2) is 8.46. The predicted octanol–water partition coefficient (Wildman–Crippen LogP) is 2.68. The number of anilines is 1. The molecule has 1 heterocycles. The van der Waals surface area contributed by atoms with Crippen LogP contribution in [0.5, 0.6) is 0 Å². The van der Waals surface area contributed by atoms with Crippen molar-refractivity contribution in [3.05, 3.63) is 72.8 Å². The number of carbonyl (C=O) groups is 1. The lowest BCUT2D eigenvalue weighted by Gasteiger charge is -2.17. The van der Waals surface area contributed by atoms with Crippen molar-refractivity contribution in [3.8, 4) is 5.69 Å². The van der Waals surface area contributed by atoms with Crippen LogP contribution in [0, 0.1) is 0 Å². The molecule has 0 spiro atoms. The zero-order valence-corrected chi connectivity index (χ0v) is 14.6. The van der Waals surface area contributed by atoms with Gasteiger partial charge >= 0.3 is 0 Å². The molecule has 2 aromatic carbocycles. The number of amides is 1. The molecule has 1 aromatic heterocycles.